The van der Waals surface area contributed by atoms with Gasteiger partial charge >= 0.3 is 0 Å². The molecule has 100 valence electrons. The van der Waals surface area contributed by atoms with Gasteiger partial charge in [0.15, 0.2) is 0 Å². The SMILES string of the molecule is CN1C=CC=C(C(N)=O)C1.NC(=O)c1cccnc1. The maximum atomic E-state index is 10.6. The molecule has 1 aliphatic rings. The minimum absolute atomic E-state index is 0.337. The predicted octanol–water partition coefficient (Wildman–Crippen LogP) is 0.0377. The highest BCUT2D eigenvalue weighted by atomic mass is 16.1. The normalized spacial score (nSPS) is 13.1. The molecule has 1 aromatic rings. The fourth-order valence-electron chi connectivity index (χ4n) is 1.35. The summed E-state index contributed by atoms with van der Waals surface area (Å²) in [5.41, 5.74) is 11.1. The fourth-order valence-corrected chi connectivity index (χ4v) is 1.35. The fraction of sp³-hybridized carbons (Fsp3) is 0.154. The van der Waals surface area contributed by atoms with Crippen LogP contribution in [0.2, 0.25) is 0 Å². The largest absolute Gasteiger partial charge is 0.376 e. The maximum absolute atomic E-state index is 10.6. The molecule has 19 heavy (non-hydrogen) atoms. The average molecular weight is 260 g/mol. The van der Waals surface area contributed by atoms with E-state index in [0.717, 1.165) is 0 Å². The minimum atomic E-state index is -0.442. The zero-order valence-electron chi connectivity index (χ0n) is 10.6. The van der Waals surface area contributed by atoms with E-state index in [-0.39, 0.29) is 5.91 Å². The van der Waals surface area contributed by atoms with E-state index >= 15 is 0 Å². The van der Waals surface area contributed by atoms with Gasteiger partial charge < -0.3 is 16.4 Å². The van der Waals surface area contributed by atoms with Crippen LogP contribution in [0.15, 0.2) is 48.5 Å². The number of nitrogens with two attached hydrogens (primary N) is 2. The van der Waals surface area contributed by atoms with Crippen LogP contribution in [0, 0.1) is 0 Å². The van der Waals surface area contributed by atoms with Crippen LogP contribution in [-0.4, -0.2) is 35.3 Å². The number of allylic oxidation sites excluding steroid dienone is 2. The first-order valence-electron chi connectivity index (χ1n) is 5.58. The molecule has 4 N–H and O–H groups in total. The first-order valence-corrected chi connectivity index (χ1v) is 5.58. The van der Waals surface area contributed by atoms with E-state index < -0.39 is 5.91 Å². The van der Waals surface area contributed by atoms with Crippen LogP contribution < -0.4 is 11.5 Å². The number of hydrogen-bond donors (Lipinski definition) is 2. The lowest BCUT2D eigenvalue weighted by atomic mass is 10.2. The summed E-state index contributed by atoms with van der Waals surface area (Å²) < 4.78 is 0. The second-order valence-electron chi connectivity index (χ2n) is 3.92. The summed E-state index contributed by atoms with van der Waals surface area (Å²) in [5, 5.41) is 0. The summed E-state index contributed by atoms with van der Waals surface area (Å²) in [7, 11) is 1.90. The molecule has 1 aliphatic heterocycles. The summed E-state index contributed by atoms with van der Waals surface area (Å²) in [5.74, 6) is -0.778. The number of rotatable bonds is 2. The third kappa shape index (κ3) is 5.03. The Morgan fingerprint density at radius 3 is 2.42 bits per heavy atom. The highest BCUT2D eigenvalue weighted by molar-refractivity contribution is 5.93. The zero-order chi connectivity index (χ0) is 14.3. The van der Waals surface area contributed by atoms with Gasteiger partial charge in [-0.05, 0) is 24.4 Å². The minimum Gasteiger partial charge on any atom is -0.376 e. The molecule has 6 heteroatoms. The van der Waals surface area contributed by atoms with E-state index in [9.17, 15) is 9.59 Å². The molecule has 0 saturated carbocycles. The van der Waals surface area contributed by atoms with Crippen LogP contribution in [0.5, 0.6) is 0 Å². The Kier molecular flexibility index (Phi) is 5.28. The number of hydrogen-bond acceptors (Lipinski definition) is 4. The highest BCUT2D eigenvalue weighted by Crippen LogP contribution is 2.03. The Morgan fingerprint density at radius 2 is 2.05 bits per heavy atom. The van der Waals surface area contributed by atoms with Crippen LogP contribution in [0.3, 0.4) is 0 Å². The topological polar surface area (TPSA) is 102 Å². The number of nitrogens with zero attached hydrogens (tertiary/aromatic N) is 2. The standard InChI is InChI=1S/C7H10N2O.C6H6N2O/c1-9-4-2-3-6(5-9)7(8)10;7-6(9)5-2-1-3-8-4-5/h2-4H,5H2,1H3,(H2,8,10);1-4H,(H2,7,9). The lowest BCUT2D eigenvalue weighted by molar-refractivity contribution is -0.114. The summed E-state index contributed by atoms with van der Waals surface area (Å²) in [6, 6.07) is 3.29. The second-order valence-corrected chi connectivity index (χ2v) is 3.92. The third-order valence-corrected chi connectivity index (χ3v) is 2.32. The molecule has 0 bridgehead atoms. The summed E-state index contributed by atoms with van der Waals surface area (Å²) >= 11 is 0. The molecule has 0 atom stereocenters. The van der Waals surface area contributed by atoms with Crippen molar-refractivity contribution in [2.45, 2.75) is 0 Å². The molecule has 2 heterocycles. The van der Waals surface area contributed by atoms with Gasteiger partial charge in [-0.2, -0.15) is 0 Å². The number of pyridine rings is 1. The van der Waals surface area contributed by atoms with E-state index in [1.807, 2.05) is 24.2 Å². The van der Waals surface area contributed by atoms with E-state index in [4.69, 9.17) is 11.5 Å². The molecule has 6 nitrogen and oxygen atoms in total. The molecule has 0 radical (unpaired) electrons. The van der Waals surface area contributed by atoms with Gasteiger partial charge in [0.05, 0.1) is 5.56 Å². The van der Waals surface area contributed by atoms with Gasteiger partial charge in [0.1, 0.15) is 0 Å². The first kappa shape index (κ1) is 14.4. The van der Waals surface area contributed by atoms with E-state index in [1.165, 1.54) is 6.20 Å². The molecule has 0 spiro atoms. The zero-order valence-corrected chi connectivity index (χ0v) is 10.6. The molecule has 2 rings (SSSR count). The first-order chi connectivity index (χ1) is 9.00. The lowest BCUT2D eigenvalue weighted by Crippen LogP contribution is -2.25. The number of carbonyl (C=O) groups is 2. The Labute approximate surface area is 111 Å². The molecule has 0 aromatic carbocycles. The van der Waals surface area contributed by atoms with Crippen molar-refractivity contribution in [3.05, 3.63) is 54.0 Å². The van der Waals surface area contributed by atoms with Crippen molar-refractivity contribution >= 4 is 11.8 Å². The molecule has 0 unspecified atom stereocenters. The molecule has 1 aromatic heterocycles. The molecule has 0 aliphatic carbocycles. The van der Waals surface area contributed by atoms with E-state index in [0.29, 0.717) is 17.7 Å². The number of likely N-dealkylation sites (N-methyl/N-ethyl adjacent to an activating group) is 1. The van der Waals surface area contributed by atoms with Crippen molar-refractivity contribution in [1.29, 1.82) is 0 Å². The van der Waals surface area contributed by atoms with Crippen LogP contribution >= 0.6 is 0 Å². The van der Waals surface area contributed by atoms with Crippen molar-refractivity contribution in [1.82, 2.24) is 9.88 Å². The van der Waals surface area contributed by atoms with Crippen LogP contribution in [-0.2, 0) is 4.79 Å². The molecule has 0 saturated heterocycles. The number of aromatic nitrogens is 1. The molecule has 0 fully saturated rings. The van der Waals surface area contributed by atoms with Gasteiger partial charge in [0, 0.05) is 31.6 Å². The number of primary amides is 2. The average Bonchev–Trinajstić information content (AvgIpc) is 2.40. The summed E-state index contributed by atoms with van der Waals surface area (Å²) in [4.78, 5) is 26.6. The van der Waals surface area contributed by atoms with Gasteiger partial charge in [0.25, 0.3) is 0 Å². The molecular weight excluding hydrogens is 244 g/mol. The molecular formula is C13H16N4O2. The van der Waals surface area contributed by atoms with Crippen molar-refractivity contribution in [3.63, 3.8) is 0 Å². The highest BCUT2D eigenvalue weighted by Gasteiger charge is 2.07. The van der Waals surface area contributed by atoms with Gasteiger partial charge in [-0.15, -0.1) is 0 Å². The van der Waals surface area contributed by atoms with Gasteiger partial charge in [-0.3, -0.25) is 14.6 Å². The Bertz CT molecular complexity index is 509. The Hall–Kier alpha value is -2.63. The summed E-state index contributed by atoms with van der Waals surface area (Å²) in [6.07, 6.45) is 8.47. The van der Waals surface area contributed by atoms with Crippen LogP contribution in [0.25, 0.3) is 0 Å². The lowest BCUT2D eigenvalue weighted by Gasteiger charge is -2.17. The number of carbonyl (C=O) groups excluding carboxylic acids is 2. The van der Waals surface area contributed by atoms with E-state index in [1.54, 1.807) is 24.4 Å². The van der Waals surface area contributed by atoms with Crippen molar-refractivity contribution in [2.24, 2.45) is 11.5 Å². The van der Waals surface area contributed by atoms with Crippen LogP contribution in [0.1, 0.15) is 10.4 Å². The van der Waals surface area contributed by atoms with Gasteiger partial charge in [-0.25, -0.2) is 0 Å². The molecule has 2 amide bonds. The van der Waals surface area contributed by atoms with E-state index in [2.05, 4.69) is 4.98 Å². The second kappa shape index (κ2) is 6.95. The predicted molar refractivity (Wildman–Crippen MR) is 71.8 cm³/mol. The van der Waals surface area contributed by atoms with Crippen molar-refractivity contribution in [3.8, 4) is 0 Å². The van der Waals surface area contributed by atoms with Gasteiger partial charge in [-0.1, -0.05) is 6.08 Å². The monoisotopic (exact) mass is 260 g/mol. The Balaban J connectivity index is 0.000000191. The van der Waals surface area contributed by atoms with Crippen molar-refractivity contribution < 1.29 is 9.59 Å². The third-order valence-electron chi connectivity index (χ3n) is 2.32. The maximum Gasteiger partial charge on any atom is 0.250 e. The Morgan fingerprint density at radius 1 is 1.32 bits per heavy atom. The quantitative estimate of drug-likeness (QED) is 0.783. The number of amides is 2. The van der Waals surface area contributed by atoms with Crippen LogP contribution in [0.4, 0.5) is 0 Å². The smallest absolute Gasteiger partial charge is 0.250 e. The van der Waals surface area contributed by atoms with Crippen molar-refractivity contribution in [2.75, 3.05) is 13.6 Å². The van der Waals surface area contributed by atoms with Gasteiger partial charge in [0.2, 0.25) is 11.8 Å². The summed E-state index contributed by atoms with van der Waals surface area (Å²) in [6.45, 7) is 0.617.